The van der Waals surface area contributed by atoms with Gasteiger partial charge in [0.15, 0.2) is 0 Å². The van der Waals surface area contributed by atoms with Crippen molar-refractivity contribution in [1.29, 1.82) is 0 Å². The van der Waals surface area contributed by atoms with Crippen LogP contribution < -0.4 is 4.74 Å². The van der Waals surface area contributed by atoms with E-state index in [0.29, 0.717) is 24.8 Å². The molecule has 1 radical (unpaired) electrons. The molecular formula is C16H20N3O3S. The summed E-state index contributed by atoms with van der Waals surface area (Å²) in [5.74, 6) is 1.84. The third-order valence-corrected chi connectivity index (χ3v) is 5.46. The quantitative estimate of drug-likeness (QED) is 0.786. The maximum atomic E-state index is 12.2. The second-order valence-corrected chi connectivity index (χ2v) is 7.99. The zero-order valence-electron chi connectivity index (χ0n) is 13.3. The maximum Gasteiger partial charge on any atom is 0.247 e. The first-order valence-electron chi connectivity index (χ1n) is 7.73. The molecular weight excluding hydrogens is 314 g/mol. The van der Waals surface area contributed by atoms with E-state index in [1.807, 2.05) is 26.0 Å². The van der Waals surface area contributed by atoms with Crippen LogP contribution in [0.15, 0.2) is 17.3 Å². The molecule has 0 saturated heterocycles. The van der Waals surface area contributed by atoms with Gasteiger partial charge in [0.1, 0.15) is 11.6 Å². The Bertz CT molecular complexity index is 774. The molecule has 123 valence electrons. The Morgan fingerprint density at radius 3 is 2.61 bits per heavy atom. The number of H-pyrrole nitrogens is 1. The van der Waals surface area contributed by atoms with Crippen molar-refractivity contribution in [3.63, 3.8) is 0 Å². The molecule has 0 spiro atoms. The van der Waals surface area contributed by atoms with Crippen LogP contribution in [0, 0.1) is 19.9 Å². The summed E-state index contributed by atoms with van der Waals surface area (Å²) in [6.07, 6.45) is 2.50. The van der Waals surface area contributed by atoms with Gasteiger partial charge in [-0.1, -0.05) is 0 Å². The number of nitrogens with one attached hydrogen (secondary N) is 1. The fourth-order valence-electron chi connectivity index (χ4n) is 2.42. The molecule has 1 N–H and O–H groups in total. The first-order valence-corrected chi connectivity index (χ1v) is 9.38. The zero-order chi connectivity index (χ0) is 16.4. The summed E-state index contributed by atoms with van der Waals surface area (Å²) in [7, 11) is -3.44. The number of nitrogens with zero attached hydrogens (tertiary/aromatic N) is 2. The van der Waals surface area contributed by atoms with Crippen molar-refractivity contribution in [3.8, 4) is 5.75 Å². The average Bonchev–Trinajstić information content (AvgIpc) is 3.22. The van der Waals surface area contributed by atoms with Crippen molar-refractivity contribution in [2.45, 2.75) is 44.2 Å². The molecule has 23 heavy (non-hydrogen) atoms. The lowest BCUT2D eigenvalue weighted by atomic mass is 10.1. The van der Waals surface area contributed by atoms with Gasteiger partial charge in [-0.3, -0.25) is 0 Å². The molecule has 1 aromatic carbocycles. The minimum atomic E-state index is -3.44. The highest BCUT2D eigenvalue weighted by molar-refractivity contribution is 7.91. The highest BCUT2D eigenvalue weighted by atomic mass is 32.2. The Morgan fingerprint density at radius 1 is 1.26 bits per heavy atom. The van der Waals surface area contributed by atoms with E-state index < -0.39 is 9.84 Å². The van der Waals surface area contributed by atoms with E-state index in [1.165, 1.54) is 0 Å². The van der Waals surface area contributed by atoms with Gasteiger partial charge in [-0.25, -0.2) is 8.42 Å². The number of sulfone groups is 1. The molecule has 1 aliphatic carbocycles. The number of aryl methyl sites for hydroxylation is 2. The van der Waals surface area contributed by atoms with Crippen molar-refractivity contribution in [1.82, 2.24) is 15.2 Å². The van der Waals surface area contributed by atoms with Crippen molar-refractivity contribution in [2.75, 3.05) is 12.4 Å². The number of rotatable bonds is 7. The molecule has 1 aromatic heterocycles. The molecule has 2 aromatic rings. The molecule has 6 nitrogen and oxygen atoms in total. The summed E-state index contributed by atoms with van der Waals surface area (Å²) in [5, 5.41) is 7.67. The van der Waals surface area contributed by atoms with Gasteiger partial charge in [0.2, 0.25) is 15.0 Å². The van der Waals surface area contributed by atoms with Crippen LogP contribution in [0.1, 0.15) is 42.1 Å². The van der Waals surface area contributed by atoms with Crippen molar-refractivity contribution >= 4 is 9.84 Å². The predicted octanol–water partition coefficient (Wildman–Crippen LogP) is 2.34. The molecule has 1 fully saturated rings. The average molecular weight is 334 g/mol. The van der Waals surface area contributed by atoms with Crippen LogP contribution in [0.3, 0.4) is 0 Å². The molecule has 0 aliphatic heterocycles. The largest absolute Gasteiger partial charge is 0.493 e. The molecule has 0 atom stereocenters. The lowest BCUT2D eigenvalue weighted by molar-refractivity contribution is 0.313. The number of benzene rings is 1. The summed E-state index contributed by atoms with van der Waals surface area (Å²) in [6.45, 7) is 4.24. The SMILES string of the molecule is Cc1c[c]cc(C)c1OCCCS(=O)(=O)c1nnc(C2CC2)[nH]1. The van der Waals surface area contributed by atoms with Gasteiger partial charge in [-0.15, -0.1) is 10.2 Å². The minimum absolute atomic E-state index is 0.0106. The number of hydrogen-bond donors (Lipinski definition) is 1. The second kappa shape index (κ2) is 6.31. The summed E-state index contributed by atoms with van der Waals surface area (Å²) in [4.78, 5) is 2.84. The van der Waals surface area contributed by atoms with Gasteiger partial charge in [0, 0.05) is 5.92 Å². The summed E-state index contributed by atoms with van der Waals surface area (Å²) in [5.41, 5.74) is 1.99. The van der Waals surface area contributed by atoms with Crippen LogP contribution in [0.4, 0.5) is 0 Å². The van der Waals surface area contributed by atoms with Gasteiger partial charge >= 0.3 is 0 Å². The second-order valence-electron chi connectivity index (χ2n) is 5.96. The van der Waals surface area contributed by atoms with Crippen molar-refractivity contribution in [3.05, 3.63) is 35.2 Å². The Labute approximate surface area is 136 Å². The number of ether oxygens (including phenoxy) is 1. The van der Waals surface area contributed by atoms with Gasteiger partial charge < -0.3 is 9.72 Å². The fourth-order valence-corrected chi connectivity index (χ4v) is 3.54. The van der Waals surface area contributed by atoms with Crippen LogP contribution in [0.25, 0.3) is 0 Å². The van der Waals surface area contributed by atoms with Crippen molar-refractivity contribution < 1.29 is 13.2 Å². The predicted molar refractivity (Wildman–Crippen MR) is 85.3 cm³/mol. The fraction of sp³-hybridized carbons (Fsp3) is 0.500. The smallest absolute Gasteiger partial charge is 0.247 e. The van der Waals surface area contributed by atoms with Crippen LogP contribution in [0.5, 0.6) is 5.75 Å². The lowest BCUT2D eigenvalue weighted by Gasteiger charge is -2.11. The van der Waals surface area contributed by atoms with Crippen LogP contribution in [-0.4, -0.2) is 36.0 Å². The lowest BCUT2D eigenvalue weighted by Crippen LogP contribution is -2.12. The Kier molecular flexibility index (Phi) is 4.39. The molecule has 0 bridgehead atoms. The van der Waals surface area contributed by atoms with Crippen molar-refractivity contribution in [2.24, 2.45) is 0 Å². The van der Waals surface area contributed by atoms with Gasteiger partial charge in [0.05, 0.1) is 12.4 Å². The van der Waals surface area contributed by atoms with E-state index >= 15 is 0 Å². The van der Waals surface area contributed by atoms with Gasteiger partial charge in [-0.05, 0) is 62.4 Å². The van der Waals surface area contributed by atoms with Gasteiger partial charge in [0.25, 0.3) is 0 Å². The van der Waals surface area contributed by atoms with Gasteiger partial charge in [-0.2, -0.15) is 0 Å². The van der Waals surface area contributed by atoms with Crippen LogP contribution in [0.2, 0.25) is 0 Å². The number of aromatic amines is 1. The molecule has 1 saturated carbocycles. The highest BCUT2D eigenvalue weighted by Gasteiger charge is 2.29. The van der Waals surface area contributed by atoms with E-state index in [0.717, 1.165) is 29.7 Å². The minimum Gasteiger partial charge on any atom is -0.493 e. The Hall–Kier alpha value is -1.89. The van der Waals surface area contributed by atoms with E-state index in [4.69, 9.17) is 4.74 Å². The number of hydrogen-bond acceptors (Lipinski definition) is 5. The van der Waals surface area contributed by atoms with E-state index in [2.05, 4.69) is 21.2 Å². The maximum absolute atomic E-state index is 12.2. The normalized spacial score (nSPS) is 14.9. The van der Waals surface area contributed by atoms with E-state index in [1.54, 1.807) is 0 Å². The van der Waals surface area contributed by atoms with Crippen LogP contribution in [-0.2, 0) is 9.84 Å². The van der Waals surface area contributed by atoms with E-state index in [9.17, 15) is 8.42 Å². The third-order valence-electron chi connectivity index (χ3n) is 3.86. The molecule has 0 amide bonds. The number of aromatic nitrogens is 3. The first kappa shape index (κ1) is 16.0. The monoisotopic (exact) mass is 334 g/mol. The molecule has 1 aliphatic rings. The topological polar surface area (TPSA) is 84.9 Å². The van der Waals surface area contributed by atoms with E-state index in [-0.39, 0.29) is 10.9 Å². The Morgan fingerprint density at radius 2 is 1.96 bits per heavy atom. The van der Waals surface area contributed by atoms with Crippen LogP contribution >= 0.6 is 0 Å². The summed E-state index contributed by atoms with van der Waals surface area (Å²) in [6, 6.07) is 6.74. The molecule has 3 rings (SSSR count). The molecule has 7 heteroatoms. The standard InChI is InChI=1S/C16H20N3O3S/c1-11-5-3-6-12(2)14(11)22-9-4-10-23(20,21)16-17-15(18-19-16)13-7-8-13/h5-6,13H,4,7-10H2,1-2H3,(H,17,18,19). The third kappa shape index (κ3) is 3.72. The first-order chi connectivity index (χ1) is 11.0. The zero-order valence-corrected chi connectivity index (χ0v) is 14.1. The summed E-state index contributed by atoms with van der Waals surface area (Å²) >= 11 is 0. The molecule has 0 unspecified atom stereocenters. The highest BCUT2D eigenvalue weighted by Crippen LogP contribution is 2.38. The summed E-state index contributed by atoms with van der Waals surface area (Å²) < 4.78 is 30.2. The Balaban J connectivity index is 1.55. The molecule has 1 heterocycles.